The molecule has 0 aliphatic carbocycles. The summed E-state index contributed by atoms with van der Waals surface area (Å²) in [5, 5.41) is 3.99. The molecule has 3 heterocycles. The summed E-state index contributed by atoms with van der Waals surface area (Å²) in [5.74, 6) is 0.913. The van der Waals surface area contributed by atoms with Crippen LogP contribution in [0.15, 0.2) is 41.1 Å². The van der Waals surface area contributed by atoms with Gasteiger partial charge in [0.25, 0.3) is 0 Å². The van der Waals surface area contributed by atoms with Crippen molar-refractivity contribution in [3.05, 3.63) is 59.6 Å². The normalized spacial score (nSPS) is 14.7. The van der Waals surface area contributed by atoms with Crippen LogP contribution in [0.1, 0.15) is 41.8 Å². The van der Waals surface area contributed by atoms with Crippen molar-refractivity contribution in [3.8, 4) is 17.0 Å². The Morgan fingerprint density at radius 2 is 2.13 bits per heavy atom. The molecule has 1 amide bonds. The summed E-state index contributed by atoms with van der Waals surface area (Å²) < 4.78 is 25.4. The second kappa shape index (κ2) is 8.19. The molecule has 0 unspecified atom stereocenters. The van der Waals surface area contributed by atoms with Gasteiger partial charge >= 0.3 is 0 Å². The first-order valence-corrected chi connectivity index (χ1v) is 9.66. The third kappa shape index (κ3) is 4.30. The van der Waals surface area contributed by atoms with E-state index in [0.29, 0.717) is 35.3 Å². The van der Waals surface area contributed by atoms with E-state index < -0.39 is 11.7 Å². The molecule has 3 aromatic rings. The summed E-state index contributed by atoms with van der Waals surface area (Å²) in [7, 11) is 0. The minimum atomic E-state index is -0.675. The van der Waals surface area contributed by atoms with E-state index >= 15 is 0 Å². The number of nitrogens with two attached hydrogens (primary N) is 1. The van der Waals surface area contributed by atoms with Crippen molar-refractivity contribution in [1.29, 1.82) is 0 Å². The van der Waals surface area contributed by atoms with Crippen LogP contribution in [0.2, 0.25) is 0 Å². The molecule has 2 N–H and O–H groups in total. The topological polar surface area (TPSA) is 107 Å². The van der Waals surface area contributed by atoms with Crippen molar-refractivity contribution >= 4 is 5.91 Å². The fourth-order valence-electron chi connectivity index (χ4n) is 3.17. The lowest BCUT2D eigenvalue weighted by Gasteiger charge is -2.38. The molecule has 30 heavy (non-hydrogen) atoms. The summed E-state index contributed by atoms with van der Waals surface area (Å²) in [6, 6.07) is 7.51. The molecule has 8 nitrogen and oxygen atoms in total. The van der Waals surface area contributed by atoms with Crippen LogP contribution in [0.4, 0.5) is 4.39 Å². The van der Waals surface area contributed by atoms with Crippen LogP contribution in [0.5, 0.6) is 5.75 Å². The Balaban J connectivity index is 1.31. The first-order valence-electron chi connectivity index (χ1n) is 9.66. The fraction of sp³-hybridized carbons (Fsp3) is 0.333. The minimum absolute atomic E-state index is 0.0423. The zero-order valence-corrected chi connectivity index (χ0v) is 16.7. The molecular formula is C21H22FN5O3. The second-order valence-electron chi connectivity index (χ2n) is 7.58. The number of carbonyl (C=O) groups excluding carboxylic acids is 1. The summed E-state index contributed by atoms with van der Waals surface area (Å²) in [6.07, 6.45) is 1.61. The van der Waals surface area contributed by atoms with Crippen LogP contribution in [0, 0.1) is 5.82 Å². The Bertz CT molecular complexity index is 1050. The molecule has 0 bridgehead atoms. The highest BCUT2D eigenvalue weighted by atomic mass is 19.1. The quantitative estimate of drug-likeness (QED) is 0.637. The van der Waals surface area contributed by atoms with Gasteiger partial charge in [0.1, 0.15) is 17.7 Å². The lowest BCUT2D eigenvalue weighted by atomic mass is 10.1. The van der Waals surface area contributed by atoms with E-state index in [0.717, 1.165) is 19.2 Å². The third-order valence-corrected chi connectivity index (χ3v) is 4.84. The monoisotopic (exact) mass is 411 g/mol. The Morgan fingerprint density at radius 3 is 2.73 bits per heavy atom. The number of benzene rings is 1. The van der Waals surface area contributed by atoms with Gasteiger partial charge in [0.2, 0.25) is 11.8 Å². The second-order valence-corrected chi connectivity index (χ2v) is 7.58. The zero-order valence-electron chi connectivity index (χ0n) is 16.7. The molecule has 0 spiro atoms. The Hall–Kier alpha value is -3.33. The summed E-state index contributed by atoms with van der Waals surface area (Å²) in [4.78, 5) is 22.0. The SMILES string of the molecule is CC(C)c1nc(CN2CC(Oc3ccc(-c4ccc(C(N)=O)cc4F)nc3)C2)no1. The number of carbonyl (C=O) groups is 1. The van der Waals surface area contributed by atoms with Gasteiger partial charge < -0.3 is 15.0 Å². The standard InChI is InChI=1S/C21H22FN5O3/c1-12(2)21-25-19(26-30-21)11-27-9-15(10-27)29-14-4-6-18(24-8-14)16-5-3-13(20(23)28)7-17(16)22/h3-8,12,15H,9-11H2,1-2H3,(H2,23,28). The highest BCUT2D eigenvalue weighted by Gasteiger charge is 2.29. The number of aromatic nitrogens is 3. The Morgan fingerprint density at radius 1 is 1.33 bits per heavy atom. The van der Waals surface area contributed by atoms with Crippen LogP contribution in [0.3, 0.4) is 0 Å². The van der Waals surface area contributed by atoms with E-state index in [1.165, 1.54) is 12.1 Å². The maximum atomic E-state index is 14.2. The molecule has 1 fully saturated rings. The number of rotatable bonds is 7. The van der Waals surface area contributed by atoms with Crippen molar-refractivity contribution in [2.75, 3.05) is 13.1 Å². The number of hydrogen-bond donors (Lipinski definition) is 1. The highest BCUT2D eigenvalue weighted by molar-refractivity contribution is 5.93. The molecule has 156 valence electrons. The van der Waals surface area contributed by atoms with Gasteiger partial charge in [-0.25, -0.2) is 4.39 Å². The number of primary amides is 1. The van der Waals surface area contributed by atoms with E-state index in [1.807, 2.05) is 13.8 Å². The van der Waals surface area contributed by atoms with Crippen LogP contribution in [-0.2, 0) is 6.54 Å². The molecule has 1 aromatic carbocycles. The number of halogens is 1. The molecule has 1 aliphatic rings. The van der Waals surface area contributed by atoms with E-state index in [9.17, 15) is 9.18 Å². The molecule has 1 saturated heterocycles. The summed E-state index contributed by atoms with van der Waals surface area (Å²) in [5.41, 5.74) is 6.03. The smallest absolute Gasteiger partial charge is 0.248 e. The summed E-state index contributed by atoms with van der Waals surface area (Å²) in [6.45, 7) is 6.13. The van der Waals surface area contributed by atoms with E-state index in [-0.39, 0.29) is 17.6 Å². The number of likely N-dealkylation sites (tertiary alicyclic amines) is 1. The van der Waals surface area contributed by atoms with Crippen molar-refractivity contribution in [3.63, 3.8) is 0 Å². The van der Waals surface area contributed by atoms with Crippen molar-refractivity contribution in [2.24, 2.45) is 5.73 Å². The van der Waals surface area contributed by atoms with Crippen LogP contribution < -0.4 is 10.5 Å². The van der Waals surface area contributed by atoms with Gasteiger partial charge in [-0.2, -0.15) is 4.98 Å². The largest absolute Gasteiger partial charge is 0.486 e. The first-order chi connectivity index (χ1) is 14.4. The fourth-order valence-corrected chi connectivity index (χ4v) is 3.17. The molecule has 9 heteroatoms. The Labute approximate surface area is 172 Å². The lowest BCUT2D eigenvalue weighted by Crippen LogP contribution is -2.53. The lowest BCUT2D eigenvalue weighted by molar-refractivity contribution is 0.0124. The van der Waals surface area contributed by atoms with Crippen LogP contribution in [0.25, 0.3) is 11.3 Å². The van der Waals surface area contributed by atoms with Gasteiger partial charge in [-0.3, -0.25) is 14.7 Å². The number of ether oxygens (including phenoxy) is 1. The maximum Gasteiger partial charge on any atom is 0.248 e. The van der Waals surface area contributed by atoms with Crippen molar-refractivity contribution in [2.45, 2.75) is 32.4 Å². The minimum Gasteiger partial charge on any atom is -0.486 e. The molecular weight excluding hydrogens is 389 g/mol. The average Bonchev–Trinajstić information content (AvgIpc) is 3.16. The zero-order chi connectivity index (χ0) is 21.3. The van der Waals surface area contributed by atoms with Crippen molar-refractivity contribution < 1.29 is 18.4 Å². The number of hydrogen-bond acceptors (Lipinski definition) is 7. The predicted octanol–water partition coefficient (Wildman–Crippen LogP) is 2.76. The number of pyridine rings is 1. The average molecular weight is 411 g/mol. The summed E-state index contributed by atoms with van der Waals surface area (Å²) >= 11 is 0. The van der Waals surface area contributed by atoms with Gasteiger partial charge in [-0.1, -0.05) is 19.0 Å². The van der Waals surface area contributed by atoms with Gasteiger partial charge in [0, 0.05) is 30.1 Å². The van der Waals surface area contributed by atoms with Gasteiger partial charge in [-0.05, 0) is 30.3 Å². The molecule has 2 aromatic heterocycles. The number of nitrogens with zero attached hydrogens (tertiary/aromatic N) is 4. The third-order valence-electron chi connectivity index (χ3n) is 4.84. The maximum absolute atomic E-state index is 14.2. The molecule has 4 rings (SSSR count). The molecule has 0 saturated carbocycles. The van der Waals surface area contributed by atoms with E-state index in [1.54, 1.807) is 18.3 Å². The van der Waals surface area contributed by atoms with Gasteiger partial charge in [0.05, 0.1) is 18.4 Å². The van der Waals surface area contributed by atoms with Crippen molar-refractivity contribution in [1.82, 2.24) is 20.0 Å². The first kappa shape index (κ1) is 20.0. The number of amides is 1. The van der Waals surface area contributed by atoms with E-state index in [4.69, 9.17) is 15.0 Å². The van der Waals surface area contributed by atoms with Gasteiger partial charge in [-0.15, -0.1) is 0 Å². The Kier molecular flexibility index (Phi) is 5.45. The van der Waals surface area contributed by atoms with Crippen LogP contribution in [-0.4, -0.2) is 45.1 Å². The highest BCUT2D eigenvalue weighted by Crippen LogP contribution is 2.25. The van der Waals surface area contributed by atoms with Crippen LogP contribution >= 0.6 is 0 Å². The molecule has 0 atom stereocenters. The predicted molar refractivity (Wildman–Crippen MR) is 106 cm³/mol. The van der Waals surface area contributed by atoms with Gasteiger partial charge in [0.15, 0.2) is 5.82 Å². The van der Waals surface area contributed by atoms with E-state index in [2.05, 4.69) is 20.0 Å². The molecule has 1 aliphatic heterocycles. The molecule has 0 radical (unpaired) electrons.